The minimum atomic E-state index is -2.67. The molecule has 0 unspecified atom stereocenters. The fraction of sp³-hybridized carbons (Fsp3) is 0.941. The van der Waals surface area contributed by atoms with Crippen molar-refractivity contribution in [2.24, 2.45) is 0 Å². The van der Waals surface area contributed by atoms with Crippen LogP contribution in [0.1, 0.15) is 54.4 Å². The molecule has 0 aromatic carbocycles. The Morgan fingerprint density at radius 3 is 0.917 bits per heavy atom. The van der Waals surface area contributed by atoms with Crippen molar-refractivity contribution in [3.05, 3.63) is 0 Å². The maximum atomic E-state index is 9.63. The van der Waals surface area contributed by atoms with Crippen LogP contribution in [-0.2, 0) is 19.4 Å². The van der Waals surface area contributed by atoms with E-state index < -0.39 is 9.84 Å². The molecule has 0 amide bonds. The molecule has 24 heavy (non-hydrogen) atoms. The third-order valence-electron chi connectivity index (χ3n) is 0. The highest BCUT2D eigenvalue weighted by molar-refractivity contribution is 7.97. The van der Waals surface area contributed by atoms with E-state index in [2.05, 4.69) is 45.5 Å². The average molecular weight is 409 g/mol. The highest BCUT2D eigenvalue weighted by atomic mass is 32.2. The summed E-state index contributed by atoms with van der Waals surface area (Å²) in [5, 5.41) is 0. The normalized spacial score (nSPS) is 7.25. The van der Waals surface area contributed by atoms with E-state index in [1.807, 2.05) is 12.5 Å². The van der Waals surface area contributed by atoms with Crippen molar-refractivity contribution >= 4 is 36.9 Å². The van der Waals surface area contributed by atoms with Crippen molar-refractivity contribution in [3.63, 3.8) is 0 Å². The lowest BCUT2D eigenvalue weighted by Gasteiger charge is -1.69. The minimum Gasteiger partial charge on any atom is -0.388 e. The Morgan fingerprint density at radius 2 is 0.917 bits per heavy atom. The molecule has 0 atom stereocenters. The van der Waals surface area contributed by atoms with E-state index in [0.717, 1.165) is 12.5 Å². The number of thioether (sulfide) groups is 1. The molecule has 0 heterocycles. The second-order valence-electron chi connectivity index (χ2n) is 4.99. The molecular formula is C17H48O4S2Si. The Labute approximate surface area is 161 Å². The predicted octanol–water partition coefficient (Wildman–Crippen LogP) is 4.58. The second-order valence-corrected chi connectivity index (χ2v) is 9.51. The van der Waals surface area contributed by atoms with Crippen molar-refractivity contribution in [2.75, 3.05) is 39.2 Å². The number of sulfone groups is 1. The highest BCUT2D eigenvalue weighted by Gasteiger charge is 1.79. The van der Waals surface area contributed by atoms with Gasteiger partial charge in [0.1, 0.15) is 15.6 Å². The molecule has 0 saturated carbocycles. The van der Waals surface area contributed by atoms with Crippen LogP contribution in [0.5, 0.6) is 0 Å². The summed E-state index contributed by atoms with van der Waals surface area (Å²) >= 11 is 1.75. The number of carbonyl (C=O) groups excluding carboxylic acids is 1. The molecule has 0 aromatic heterocycles. The van der Waals surface area contributed by atoms with Crippen LogP contribution in [0, 0.1) is 0 Å². The van der Waals surface area contributed by atoms with E-state index in [9.17, 15) is 13.2 Å². The molecule has 0 aromatic rings. The SMILES string of the molecule is CC(C)=O.CCC.CCC.COC.CS(C)(=O)=O.CSC.C[SiH2]C. The molecule has 7 heteroatoms. The molecule has 0 saturated heterocycles. The molecule has 0 radical (unpaired) electrons. The summed E-state index contributed by atoms with van der Waals surface area (Å²) in [4.78, 5) is 9.44. The second kappa shape index (κ2) is 56.7. The lowest BCUT2D eigenvalue weighted by molar-refractivity contribution is -0.114. The topological polar surface area (TPSA) is 60.4 Å². The third kappa shape index (κ3) is 459000. The Hall–Kier alpha value is 0.147. The van der Waals surface area contributed by atoms with Gasteiger partial charge in [0.05, 0.1) is 0 Å². The fourth-order valence-electron chi connectivity index (χ4n) is 0. The maximum absolute atomic E-state index is 9.63. The first-order valence-corrected chi connectivity index (χ1v) is 15.0. The van der Waals surface area contributed by atoms with Crippen molar-refractivity contribution < 1.29 is 17.9 Å². The molecule has 0 spiro atoms. The Morgan fingerprint density at radius 1 is 0.917 bits per heavy atom. The summed E-state index contributed by atoms with van der Waals surface area (Å²) in [5.41, 5.74) is 0. The van der Waals surface area contributed by atoms with Gasteiger partial charge in [0.2, 0.25) is 0 Å². The largest absolute Gasteiger partial charge is 0.388 e. The molecule has 4 nitrogen and oxygen atoms in total. The van der Waals surface area contributed by atoms with Crippen molar-refractivity contribution in [1.29, 1.82) is 0 Å². The Balaban J connectivity index is -0.0000000284. The van der Waals surface area contributed by atoms with Crippen LogP contribution in [0.25, 0.3) is 0 Å². The van der Waals surface area contributed by atoms with Gasteiger partial charge in [-0.3, -0.25) is 0 Å². The van der Waals surface area contributed by atoms with Gasteiger partial charge in [-0.15, -0.1) is 0 Å². The zero-order valence-corrected chi connectivity index (χ0v) is 22.1. The Bertz CT molecular complexity index is 221. The van der Waals surface area contributed by atoms with Gasteiger partial charge < -0.3 is 9.53 Å². The summed E-state index contributed by atoms with van der Waals surface area (Å²) in [6.07, 6.45) is 8.90. The summed E-state index contributed by atoms with van der Waals surface area (Å²) in [7, 11) is 1.00. The molecule has 0 aliphatic heterocycles. The first-order valence-electron chi connectivity index (χ1n) is 8.23. The van der Waals surface area contributed by atoms with Gasteiger partial charge in [-0.05, 0) is 26.4 Å². The summed E-state index contributed by atoms with van der Waals surface area (Å²) in [6, 6.07) is 0. The lowest BCUT2D eigenvalue weighted by atomic mass is 10.6. The molecule has 0 fully saturated rings. The van der Waals surface area contributed by atoms with Gasteiger partial charge >= 0.3 is 0 Å². The fourth-order valence-corrected chi connectivity index (χ4v) is 0. The molecule has 156 valence electrons. The number of methoxy groups -OCH3 is 1. The van der Waals surface area contributed by atoms with Crippen LogP contribution in [-0.4, -0.2) is 63.0 Å². The number of Topliss-reactive ketones (excluding diaryl/α,β-unsaturated/α-hetero) is 1. The van der Waals surface area contributed by atoms with E-state index >= 15 is 0 Å². The zero-order valence-electron chi connectivity index (χ0n) is 19.1. The average Bonchev–Trinajstić information content (AvgIpc) is 2.29. The Kier molecular flexibility index (Phi) is 104. The molecule has 0 rings (SSSR count). The first-order chi connectivity index (χ1) is 10.8. The van der Waals surface area contributed by atoms with E-state index in [1.54, 1.807) is 26.0 Å². The lowest BCUT2D eigenvalue weighted by Crippen LogP contribution is -1.86. The number of hydrogen-bond donors (Lipinski definition) is 0. The molecule has 0 aliphatic rings. The molecule has 0 aliphatic carbocycles. The summed E-state index contributed by atoms with van der Waals surface area (Å²) < 4.78 is 23.5. The molecule has 0 bridgehead atoms. The standard InChI is InChI=1S/C3H6O.2C3H8.C2H6O2S.C2H6O.C2H6S.C2H8Si/c1-3(2)4;2*1-3-2;1-5(2,3)4;3*1-3-2/h1-2H3;2*3H2,1-2H3;1-2H3;2*1-2H3;3H2,1-2H3. The van der Waals surface area contributed by atoms with Crippen LogP contribution in [0.4, 0.5) is 0 Å². The molecule has 0 N–H and O–H groups in total. The van der Waals surface area contributed by atoms with Crippen LogP contribution < -0.4 is 0 Å². The predicted molar refractivity (Wildman–Crippen MR) is 122 cm³/mol. The number of carbonyl (C=O) groups is 1. The van der Waals surface area contributed by atoms with E-state index in [1.165, 1.54) is 26.7 Å². The van der Waals surface area contributed by atoms with Gasteiger partial charge in [0.25, 0.3) is 0 Å². The first kappa shape index (κ1) is 44.0. The monoisotopic (exact) mass is 408 g/mol. The van der Waals surface area contributed by atoms with Crippen LogP contribution in [0.2, 0.25) is 13.1 Å². The molecular weight excluding hydrogens is 360 g/mol. The van der Waals surface area contributed by atoms with Gasteiger partial charge in [-0.2, -0.15) is 11.8 Å². The quantitative estimate of drug-likeness (QED) is 0.549. The van der Waals surface area contributed by atoms with Crippen molar-refractivity contribution in [3.8, 4) is 0 Å². The van der Waals surface area contributed by atoms with Gasteiger partial charge in [0.15, 0.2) is 0 Å². The highest BCUT2D eigenvalue weighted by Crippen LogP contribution is 1.70. The van der Waals surface area contributed by atoms with E-state index in [-0.39, 0.29) is 5.78 Å². The number of ether oxygens (including phenoxy) is 1. The summed E-state index contributed by atoms with van der Waals surface area (Å²) in [5.74, 6) is 0.167. The maximum Gasteiger partial charge on any atom is 0.144 e. The van der Waals surface area contributed by atoms with Crippen LogP contribution in [0.15, 0.2) is 0 Å². The minimum absolute atomic E-state index is 0.167. The van der Waals surface area contributed by atoms with Crippen LogP contribution >= 0.6 is 11.8 Å². The van der Waals surface area contributed by atoms with Gasteiger partial charge in [-0.1, -0.05) is 53.6 Å². The number of hydrogen-bond acceptors (Lipinski definition) is 5. The van der Waals surface area contributed by atoms with Gasteiger partial charge in [-0.25, -0.2) is 8.42 Å². The smallest absolute Gasteiger partial charge is 0.144 e. The van der Waals surface area contributed by atoms with Crippen LogP contribution in [0.3, 0.4) is 0 Å². The third-order valence-corrected chi connectivity index (χ3v) is 0. The van der Waals surface area contributed by atoms with E-state index in [4.69, 9.17) is 0 Å². The number of rotatable bonds is 0. The van der Waals surface area contributed by atoms with E-state index in [0.29, 0.717) is 9.52 Å². The van der Waals surface area contributed by atoms with Crippen molar-refractivity contribution in [1.82, 2.24) is 0 Å². The zero-order chi connectivity index (χ0) is 21.6. The summed E-state index contributed by atoms with van der Waals surface area (Å²) in [6.45, 7) is 16.1. The van der Waals surface area contributed by atoms with Gasteiger partial charge in [0, 0.05) is 36.3 Å². The van der Waals surface area contributed by atoms with Crippen molar-refractivity contribution in [2.45, 2.75) is 67.5 Å². The number of ketones is 1.